The van der Waals surface area contributed by atoms with Crippen molar-refractivity contribution in [1.29, 1.82) is 0 Å². The summed E-state index contributed by atoms with van der Waals surface area (Å²) in [7, 11) is 0. The molecular formula is C38H20N6O2. The Kier molecular flexibility index (Phi) is 4.43. The van der Waals surface area contributed by atoms with Crippen molar-refractivity contribution in [3.05, 3.63) is 122 Å². The van der Waals surface area contributed by atoms with Crippen molar-refractivity contribution < 1.29 is 8.83 Å². The first kappa shape index (κ1) is 23.9. The molecule has 0 radical (unpaired) electrons. The Balaban J connectivity index is 1.17. The standard InChI is InChI=1S/C38H20N6O2/c1-4-34-24(15-21(1)43-30-7-11-39-17-26(30)27-18-40-12-8-31(27)43)23-3-6-36-37(38(23)46-34)25-16-22(2-5-35(25)45-36)44-32-9-13-41-19-28(32)29-20-42-14-10-33(29)44/h1-20H. The molecule has 8 aromatic heterocycles. The molecule has 0 saturated heterocycles. The predicted molar refractivity (Wildman–Crippen MR) is 181 cm³/mol. The Hall–Kier alpha value is -6.54. The highest BCUT2D eigenvalue weighted by molar-refractivity contribution is 6.22. The van der Waals surface area contributed by atoms with Gasteiger partial charge in [0.2, 0.25) is 0 Å². The van der Waals surface area contributed by atoms with Gasteiger partial charge in [0.25, 0.3) is 0 Å². The number of benzene rings is 3. The van der Waals surface area contributed by atoms with Crippen molar-refractivity contribution in [1.82, 2.24) is 29.1 Å². The smallest absolute Gasteiger partial charge is 0.147 e. The second-order valence-corrected chi connectivity index (χ2v) is 11.6. The molecule has 46 heavy (non-hydrogen) atoms. The Morgan fingerprint density at radius 2 is 0.848 bits per heavy atom. The van der Waals surface area contributed by atoms with Crippen LogP contribution in [0.5, 0.6) is 0 Å². The average molecular weight is 593 g/mol. The fraction of sp³-hybridized carbons (Fsp3) is 0. The summed E-state index contributed by atoms with van der Waals surface area (Å²) in [6.07, 6.45) is 14.9. The summed E-state index contributed by atoms with van der Waals surface area (Å²) in [5.74, 6) is 0. The Bertz CT molecular complexity index is 2950. The number of fused-ring (bicyclic) bond motifs is 13. The fourth-order valence-electron chi connectivity index (χ4n) is 7.32. The van der Waals surface area contributed by atoms with E-state index < -0.39 is 0 Å². The zero-order valence-corrected chi connectivity index (χ0v) is 24.0. The van der Waals surface area contributed by atoms with Gasteiger partial charge in [0.1, 0.15) is 22.3 Å². The van der Waals surface area contributed by atoms with E-state index in [1.807, 2.05) is 67.8 Å². The van der Waals surface area contributed by atoms with Crippen LogP contribution in [-0.4, -0.2) is 29.1 Å². The third kappa shape index (κ3) is 3.02. The van der Waals surface area contributed by atoms with E-state index in [1.165, 1.54) is 0 Å². The van der Waals surface area contributed by atoms with Crippen LogP contribution in [0.1, 0.15) is 0 Å². The van der Waals surface area contributed by atoms with Crippen LogP contribution in [-0.2, 0) is 0 Å². The number of nitrogens with zero attached hydrogens (tertiary/aromatic N) is 6. The number of hydrogen-bond donors (Lipinski definition) is 0. The van der Waals surface area contributed by atoms with Crippen LogP contribution >= 0.6 is 0 Å². The Morgan fingerprint density at radius 1 is 0.391 bits per heavy atom. The van der Waals surface area contributed by atoms with Crippen LogP contribution in [0.25, 0.3) is 98.9 Å². The highest BCUT2D eigenvalue weighted by Gasteiger charge is 2.20. The molecule has 11 rings (SSSR count). The number of pyridine rings is 4. The van der Waals surface area contributed by atoms with Crippen LogP contribution in [0.15, 0.2) is 131 Å². The average Bonchev–Trinajstić information content (AvgIpc) is 3.85. The first-order valence-corrected chi connectivity index (χ1v) is 15.0. The normalized spacial score (nSPS) is 12.3. The molecular weight excluding hydrogens is 572 g/mol. The molecule has 214 valence electrons. The second-order valence-electron chi connectivity index (χ2n) is 11.6. The Labute approximate surface area is 258 Å². The Morgan fingerprint density at radius 3 is 1.37 bits per heavy atom. The van der Waals surface area contributed by atoms with Gasteiger partial charge in [0.05, 0.1) is 27.5 Å². The lowest BCUT2D eigenvalue weighted by Gasteiger charge is -2.07. The summed E-state index contributed by atoms with van der Waals surface area (Å²) >= 11 is 0. The lowest BCUT2D eigenvalue weighted by atomic mass is 10.1. The zero-order chi connectivity index (χ0) is 29.9. The molecule has 0 N–H and O–H groups in total. The summed E-state index contributed by atoms with van der Waals surface area (Å²) in [5, 5.41) is 8.31. The second kappa shape index (κ2) is 8.55. The van der Waals surface area contributed by atoms with Gasteiger partial charge in [0.15, 0.2) is 0 Å². The minimum Gasteiger partial charge on any atom is -0.456 e. The number of hydrogen-bond acceptors (Lipinski definition) is 6. The van der Waals surface area contributed by atoms with Gasteiger partial charge in [-0.3, -0.25) is 19.9 Å². The summed E-state index contributed by atoms with van der Waals surface area (Å²) in [6, 6.07) is 25.1. The van der Waals surface area contributed by atoms with Gasteiger partial charge >= 0.3 is 0 Å². The molecule has 0 aliphatic carbocycles. The zero-order valence-electron chi connectivity index (χ0n) is 24.0. The SMILES string of the molecule is c1cc2c(cn1)c1cnccc1n2-c1ccc2oc3c(ccc4oc5ccc(-n6c7ccncc7c7cnccc76)cc5c43)c2c1. The summed E-state index contributed by atoms with van der Waals surface area (Å²) in [4.78, 5) is 17.5. The molecule has 0 aliphatic heterocycles. The maximum absolute atomic E-state index is 6.64. The van der Waals surface area contributed by atoms with Crippen LogP contribution in [0, 0.1) is 0 Å². The first-order chi connectivity index (χ1) is 22.8. The van der Waals surface area contributed by atoms with Gasteiger partial charge in [-0.15, -0.1) is 0 Å². The molecule has 0 bridgehead atoms. The van der Waals surface area contributed by atoms with Crippen molar-refractivity contribution in [3.8, 4) is 11.4 Å². The van der Waals surface area contributed by atoms with E-state index in [1.54, 1.807) is 0 Å². The predicted octanol–water partition coefficient (Wildman–Crippen LogP) is 9.26. The van der Waals surface area contributed by atoms with Crippen LogP contribution in [0.4, 0.5) is 0 Å². The van der Waals surface area contributed by atoms with Crippen molar-refractivity contribution in [2.45, 2.75) is 0 Å². The molecule has 0 amide bonds. The fourth-order valence-corrected chi connectivity index (χ4v) is 7.32. The highest BCUT2D eigenvalue weighted by atomic mass is 16.3. The third-order valence-electron chi connectivity index (χ3n) is 9.29. The van der Waals surface area contributed by atoms with E-state index in [4.69, 9.17) is 8.83 Å². The van der Waals surface area contributed by atoms with Crippen LogP contribution < -0.4 is 0 Å². The molecule has 3 aromatic carbocycles. The van der Waals surface area contributed by atoms with Crippen molar-refractivity contribution in [3.63, 3.8) is 0 Å². The first-order valence-electron chi connectivity index (χ1n) is 15.0. The molecule has 8 heterocycles. The van der Waals surface area contributed by atoms with Gasteiger partial charge in [-0.05, 0) is 72.8 Å². The van der Waals surface area contributed by atoms with Gasteiger partial charge in [0, 0.05) is 98.7 Å². The lowest BCUT2D eigenvalue weighted by Crippen LogP contribution is -1.93. The summed E-state index contributed by atoms with van der Waals surface area (Å²) < 4.78 is 17.5. The molecule has 0 spiro atoms. The lowest BCUT2D eigenvalue weighted by molar-refractivity contribution is 0.662. The van der Waals surface area contributed by atoms with E-state index in [0.29, 0.717) is 0 Å². The quantitative estimate of drug-likeness (QED) is 0.199. The van der Waals surface area contributed by atoms with Crippen molar-refractivity contribution in [2.24, 2.45) is 0 Å². The molecule has 8 heteroatoms. The van der Waals surface area contributed by atoms with Crippen LogP contribution in [0.3, 0.4) is 0 Å². The van der Waals surface area contributed by atoms with E-state index in [-0.39, 0.29) is 0 Å². The topological polar surface area (TPSA) is 87.7 Å². The van der Waals surface area contributed by atoms with Gasteiger partial charge in [-0.25, -0.2) is 0 Å². The highest BCUT2D eigenvalue weighted by Crippen LogP contribution is 2.42. The van der Waals surface area contributed by atoms with E-state index in [0.717, 1.165) is 98.9 Å². The third-order valence-corrected chi connectivity index (χ3v) is 9.29. The van der Waals surface area contributed by atoms with Crippen molar-refractivity contribution in [2.75, 3.05) is 0 Å². The minimum atomic E-state index is 0.789. The van der Waals surface area contributed by atoms with E-state index in [2.05, 4.69) is 83.7 Å². The number of aromatic nitrogens is 6. The van der Waals surface area contributed by atoms with E-state index >= 15 is 0 Å². The van der Waals surface area contributed by atoms with Crippen LogP contribution in [0.2, 0.25) is 0 Å². The van der Waals surface area contributed by atoms with Gasteiger partial charge < -0.3 is 18.0 Å². The monoisotopic (exact) mass is 592 g/mol. The van der Waals surface area contributed by atoms with Gasteiger partial charge in [-0.2, -0.15) is 0 Å². The van der Waals surface area contributed by atoms with Gasteiger partial charge in [-0.1, -0.05) is 0 Å². The molecule has 0 saturated carbocycles. The molecule has 11 aromatic rings. The maximum atomic E-state index is 6.64. The summed E-state index contributed by atoms with van der Waals surface area (Å²) in [6.45, 7) is 0. The molecule has 8 nitrogen and oxygen atoms in total. The van der Waals surface area contributed by atoms with E-state index in [9.17, 15) is 0 Å². The molecule has 0 aliphatic rings. The summed E-state index contributed by atoms with van der Waals surface area (Å²) in [5.41, 5.74) is 9.61. The molecule has 0 atom stereocenters. The molecule has 0 fully saturated rings. The number of rotatable bonds is 2. The largest absolute Gasteiger partial charge is 0.456 e. The van der Waals surface area contributed by atoms with Crippen molar-refractivity contribution >= 4 is 87.5 Å². The maximum Gasteiger partial charge on any atom is 0.147 e. The minimum absolute atomic E-state index is 0.789. The number of furan rings is 2. The molecule has 0 unspecified atom stereocenters.